The van der Waals surface area contributed by atoms with Gasteiger partial charge in [-0.25, -0.2) is 0 Å². The fourth-order valence-electron chi connectivity index (χ4n) is 2.25. The Morgan fingerprint density at radius 1 is 0.960 bits per heavy atom. The van der Waals surface area contributed by atoms with E-state index in [4.69, 9.17) is 5.11 Å². The van der Waals surface area contributed by atoms with Gasteiger partial charge in [0, 0.05) is 6.42 Å². The zero-order chi connectivity index (χ0) is 18.5. The maximum absolute atomic E-state index is 10.4. The van der Waals surface area contributed by atoms with Crippen LogP contribution in [0.3, 0.4) is 0 Å². The highest BCUT2D eigenvalue weighted by molar-refractivity contribution is 5.66. The fraction of sp³-hybridized carbons (Fsp3) is 0.381. The Hall–Kier alpha value is -2.17. The molecular weight excluding hydrogens is 316 g/mol. The first-order valence-corrected chi connectivity index (χ1v) is 8.62. The third-order valence-electron chi connectivity index (χ3n) is 3.74. The lowest BCUT2D eigenvalue weighted by Crippen LogP contribution is -2.05. The normalized spacial score (nSPS) is 14.5. The van der Waals surface area contributed by atoms with E-state index in [0.717, 1.165) is 12.8 Å². The van der Waals surface area contributed by atoms with Gasteiger partial charge in [0.25, 0.3) is 0 Å². The van der Waals surface area contributed by atoms with E-state index in [2.05, 4.69) is 31.2 Å². The molecule has 0 aliphatic carbocycles. The van der Waals surface area contributed by atoms with E-state index in [1.165, 1.54) is 11.1 Å². The molecule has 136 valence electrons. The van der Waals surface area contributed by atoms with Crippen LogP contribution in [0.4, 0.5) is 0 Å². The molecule has 2 unspecified atom stereocenters. The smallest absolute Gasteiger partial charge is 0.303 e. The van der Waals surface area contributed by atoms with Gasteiger partial charge in [-0.05, 0) is 38.2 Å². The molecule has 2 atom stereocenters. The lowest BCUT2D eigenvalue weighted by Gasteiger charge is -2.05. The average molecular weight is 344 g/mol. The Kier molecular flexibility index (Phi) is 10.2. The van der Waals surface area contributed by atoms with Crippen molar-refractivity contribution in [3.63, 3.8) is 0 Å². The summed E-state index contributed by atoms with van der Waals surface area (Å²) in [7, 11) is 0. The molecule has 4 heteroatoms. The number of carboxylic acid groups (broad SMARTS) is 1. The number of allylic oxidation sites excluding steroid dienone is 4. The highest BCUT2D eigenvalue weighted by Gasteiger charge is 2.02. The van der Waals surface area contributed by atoms with E-state index in [1.807, 2.05) is 0 Å². The number of aliphatic hydroxyl groups is 2. The first-order chi connectivity index (χ1) is 12.0. The second kappa shape index (κ2) is 12.2. The molecule has 0 amide bonds. The van der Waals surface area contributed by atoms with Crippen molar-refractivity contribution in [2.75, 3.05) is 0 Å². The van der Waals surface area contributed by atoms with E-state index in [0.29, 0.717) is 6.42 Å². The van der Waals surface area contributed by atoms with E-state index < -0.39 is 18.2 Å². The minimum Gasteiger partial charge on any atom is -0.481 e. The molecule has 1 rings (SSSR count). The molecule has 4 nitrogen and oxygen atoms in total. The van der Waals surface area contributed by atoms with Crippen molar-refractivity contribution in [1.29, 1.82) is 0 Å². The zero-order valence-corrected chi connectivity index (χ0v) is 14.7. The van der Waals surface area contributed by atoms with Crippen LogP contribution in [0, 0.1) is 6.92 Å². The average Bonchev–Trinajstić information content (AvgIpc) is 2.58. The number of rotatable bonds is 11. The monoisotopic (exact) mass is 344 g/mol. The topological polar surface area (TPSA) is 77.8 Å². The lowest BCUT2D eigenvalue weighted by atomic mass is 10.0. The number of hydrogen-bond acceptors (Lipinski definition) is 3. The SMILES string of the molecule is Cc1ccc(CCCC(O)C=CC=CC=CC(O)CCC(=O)O)cc1. The van der Waals surface area contributed by atoms with Gasteiger partial charge in [-0.3, -0.25) is 4.79 Å². The largest absolute Gasteiger partial charge is 0.481 e. The van der Waals surface area contributed by atoms with Crippen LogP contribution in [0.15, 0.2) is 60.7 Å². The Morgan fingerprint density at radius 3 is 2.08 bits per heavy atom. The van der Waals surface area contributed by atoms with Crippen molar-refractivity contribution in [1.82, 2.24) is 0 Å². The van der Waals surface area contributed by atoms with Gasteiger partial charge in [0.05, 0.1) is 12.2 Å². The molecule has 0 saturated heterocycles. The lowest BCUT2D eigenvalue weighted by molar-refractivity contribution is -0.137. The summed E-state index contributed by atoms with van der Waals surface area (Å²) in [6.45, 7) is 2.07. The van der Waals surface area contributed by atoms with Gasteiger partial charge in [-0.15, -0.1) is 0 Å². The molecule has 25 heavy (non-hydrogen) atoms. The first kappa shape index (κ1) is 20.9. The predicted molar refractivity (Wildman–Crippen MR) is 100 cm³/mol. The van der Waals surface area contributed by atoms with Crippen molar-refractivity contribution in [2.45, 2.75) is 51.2 Å². The van der Waals surface area contributed by atoms with Crippen molar-refractivity contribution in [3.05, 3.63) is 71.8 Å². The second-order valence-electron chi connectivity index (χ2n) is 6.10. The van der Waals surface area contributed by atoms with E-state index in [1.54, 1.807) is 36.5 Å². The van der Waals surface area contributed by atoms with Crippen LogP contribution in [-0.2, 0) is 11.2 Å². The molecule has 0 fully saturated rings. The Labute approximate surface area is 149 Å². The molecule has 1 aromatic carbocycles. The van der Waals surface area contributed by atoms with E-state index in [9.17, 15) is 15.0 Å². The number of benzene rings is 1. The highest BCUT2D eigenvalue weighted by atomic mass is 16.4. The molecule has 0 radical (unpaired) electrons. The molecule has 0 aliphatic heterocycles. The Balaban J connectivity index is 2.19. The number of carbonyl (C=O) groups is 1. The Bertz CT molecular complexity index is 584. The van der Waals surface area contributed by atoms with Gasteiger partial charge in [-0.1, -0.05) is 66.3 Å². The molecule has 0 heterocycles. The van der Waals surface area contributed by atoms with Crippen LogP contribution in [0.2, 0.25) is 0 Å². The van der Waals surface area contributed by atoms with Crippen LogP contribution < -0.4 is 0 Å². The first-order valence-electron chi connectivity index (χ1n) is 8.62. The zero-order valence-electron chi connectivity index (χ0n) is 14.7. The Morgan fingerprint density at radius 2 is 1.52 bits per heavy atom. The number of carboxylic acids is 1. The van der Waals surface area contributed by atoms with Crippen LogP contribution >= 0.6 is 0 Å². The maximum Gasteiger partial charge on any atom is 0.303 e. The van der Waals surface area contributed by atoms with Gasteiger partial charge in [-0.2, -0.15) is 0 Å². The summed E-state index contributed by atoms with van der Waals surface area (Å²) in [6.07, 6.45) is 11.7. The molecule has 3 N–H and O–H groups in total. The summed E-state index contributed by atoms with van der Waals surface area (Å²) in [4.78, 5) is 10.4. The van der Waals surface area contributed by atoms with Gasteiger partial charge >= 0.3 is 5.97 Å². The van der Waals surface area contributed by atoms with Gasteiger partial charge in [0.1, 0.15) is 0 Å². The third kappa shape index (κ3) is 11.1. The molecule has 0 aliphatic rings. The number of aryl methyl sites for hydroxylation is 2. The van der Waals surface area contributed by atoms with Crippen molar-refractivity contribution < 1.29 is 20.1 Å². The summed E-state index contributed by atoms with van der Waals surface area (Å²) < 4.78 is 0. The van der Waals surface area contributed by atoms with Crippen molar-refractivity contribution >= 4 is 5.97 Å². The standard InChI is InChI=1S/C21H28O4/c1-17-11-13-18(14-12-17)7-6-10-19(22)8-4-2-3-5-9-20(23)15-16-21(24)25/h2-5,8-9,11-14,19-20,22-23H,6-7,10,15-16H2,1H3,(H,24,25). The minimum absolute atomic E-state index is 0.0517. The van der Waals surface area contributed by atoms with Crippen molar-refractivity contribution in [2.24, 2.45) is 0 Å². The quantitative estimate of drug-likeness (QED) is 0.536. The molecule has 0 saturated carbocycles. The second-order valence-corrected chi connectivity index (χ2v) is 6.10. The minimum atomic E-state index is -0.915. The number of aliphatic carboxylic acids is 1. The number of hydrogen-bond donors (Lipinski definition) is 3. The predicted octanol–water partition coefficient (Wildman–Crippen LogP) is 3.57. The summed E-state index contributed by atoms with van der Waals surface area (Å²) in [5.41, 5.74) is 2.54. The maximum atomic E-state index is 10.4. The summed E-state index contributed by atoms with van der Waals surface area (Å²) >= 11 is 0. The molecule has 0 bridgehead atoms. The molecule has 1 aromatic rings. The van der Waals surface area contributed by atoms with Crippen LogP contribution in [-0.4, -0.2) is 33.5 Å². The number of aliphatic hydroxyl groups excluding tert-OH is 2. The molecular formula is C21H28O4. The van der Waals surface area contributed by atoms with Crippen LogP contribution in [0.5, 0.6) is 0 Å². The highest BCUT2D eigenvalue weighted by Crippen LogP contribution is 2.09. The van der Waals surface area contributed by atoms with Gasteiger partial charge in [0.2, 0.25) is 0 Å². The summed E-state index contributed by atoms with van der Waals surface area (Å²) in [5, 5.41) is 27.9. The van der Waals surface area contributed by atoms with Crippen LogP contribution in [0.25, 0.3) is 0 Å². The third-order valence-corrected chi connectivity index (χ3v) is 3.74. The van der Waals surface area contributed by atoms with Gasteiger partial charge < -0.3 is 15.3 Å². The van der Waals surface area contributed by atoms with Crippen LogP contribution in [0.1, 0.15) is 36.8 Å². The van der Waals surface area contributed by atoms with Crippen molar-refractivity contribution in [3.8, 4) is 0 Å². The van der Waals surface area contributed by atoms with E-state index in [-0.39, 0.29) is 12.8 Å². The van der Waals surface area contributed by atoms with Gasteiger partial charge in [0.15, 0.2) is 0 Å². The summed E-state index contributed by atoms with van der Waals surface area (Å²) in [5.74, 6) is -0.915. The summed E-state index contributed by atoms with van der Waals surface area (Å²) in [6, 6.07) is 8.44. The molecule has 0 aromatic heterocycles. The fourth-order valence-corrected chi connectivity index (χ4v) is 2.25. The van der Waals surface area contributed by atoms with E-state index >= 15 is 0 Å². The molecule has 0 spiro atoms.